The molecule has 0 saturated heterocycles. The van der Waals surface area contributed by atoms with Crippen LogP contribution in [0.4, 0.5) is 0 Å². The Morgan fingerprint density at radius 3 is 1.62 bits per heavy atom. The molecular formula is C38H24O. The molecule has 0 amide bonds. The minimum Gasteiger partial charge on any atom is -0.456 e. The summed E-state index contributed by atoms with van der Waals surface area (Å²) in [5, 5.41) is 0.295. The van der Waals surface area contributed by atoms with Gasteiger partial charge in [-0.25, -0.2) is 0 Å². The Morgan fingerprint density at radius 2 is 0.949 bits per heavy atom. The highest BCUT2D eigenvalue weighted by Gasteiger charge is 2.19. The van der Waals surface area contributed by atoms with Crippen LogP contribution in [-0.2, 0) is 0 Å². The second kappa shape index (κ2) is 8.72. The SMILES string of the molecule is [2H]c1c([2H])c([2H])c2c(oc3cccc(-c4c5c([2H])c([2H])c([2H])c([2H])c5c(-c5ccc(-c6ccccc6)cc5)c5c([2H])c([2H])c([2H])c([2H])c45)c32)c1[2H]. The van der Waals surface area contributed by atoms with Crippen molar-refractivity contribution < 1.29 is 20.9 Å². The van der Waals surface area contributed by atoms with E-state index < -0.39 is 66.5 Å². The van der Waals surface area contributed by atoms with E-state index >= 15 is 0 Å². The van der Waals surface area contributed by atoms with Crippen LogP contribution in [0.2, 0.25) is 0 Å². The standard InChI is InChI=1S/C38H24O/c1-2-11-25(12-3-1)26-21-23-27(24-22-26)36-28-13-4-6-15-30(28)37(31-16-7-5-14-29(31)36)33-18-10-20-35-38(33)32-17-8-9-19-34(32)39-35/h1-24H/i4D,5D,6D,7D,8D,9D,13D,14D,15D,16D,17D,19D. The summed E-state index contributed by atoms with van der Waals surface area (Å²) in [5.74, 6) is 0. The highest BCUT2D eigenvalue weighted by molar-refractivity contribution is 6.25. The molecule has 39 heavy (non-hydrogen) atoms. The van der Waals surface area contributed by atoms with E-state index in [0.717, 1.165) is 11.1 Å². The topological polar surface area (TPSA) is 13.1 Å². The second-order valence-electron chi connectivity index (χ2n) is 9.18. The number of fused-ring (bicyclic) bond motifs is 5. The molecule has 0 aliphatic heterocycles. The smallest absolute Gasteiger partial charge is 0.136 e. The van der Waals surface area contributed by atoms with Crippen molar-refractivity contribution >= 4 is 43.5 Å². The van der Waals surface area contributed by atoms with Gasteiger partial charge in [0.2, 0.25) is 0 Å². The van der Waals surface area contributed by atoms with Gasteiger partial charge in [-0.15, -0.1) is 0 Å². The normalized spacial score (nSPS) is 15.9. The van der Waals surface area contributed by atoms with E-state index in [1.165, 1.54) is 0 Å². The van der Waals surface area contributed by atoms with Gasteiger partial charge in [-0.3, -0.25) is 0 Å². The number of hydrogen-bond acceptors (Lipinski definition) is 1. The quantitative estimate of drug-likeness (QED) is 0.216. The maximum absolute atomic E-state index is 9.26. The van der Waals surface area contributed by atoms with Crippen molar-refractivity contribution in [1.29, 1.82) is 0 Å². The first kappa shape index (κ1) is 13.1. The van der Waals surface area contributed by atoms with Crippen molar-refractivity contribution in [2.45, 2.75) is 0 Å². The largest absolute Gasteiger partial charge is 0.456 e. The van der Waals surface area contributed by atoms with E-state index in [4.69, 9.17) is 15.4 Å². The van der Waals surface area contributed by atoms with Crippen LogP contribution in [-0.4, -0.2) is 0 Å². The van der Waals surface area contributed by atoms with E-state index in [2.05, 4.69) is 0 Å². The predicted octanol–water partition coefficient (Wildman–Crippen LogP) is 10.9. The van der Waals surface area contributed by atoms with Gasteiger partial charge >= 0.3 is 0 Å². The van der Waals surface area contributed by atoms with Gasteiger partial charge in [0.25, 0.3) is 0 Å². The maximum Gasteiger partial charge on any atom is 0.136 e. The Morgan fingerprint density at radius 1 is 0.410 bits per heavy atom. The predicted molar refractivity (Wildman–Crippen MR) is 165 cm³/mol. The van der Waals surface area contributed by atoms with Crippen molar-refractivity contribution in [2.24, 2.45) is 0 Å². The Kier molecular flexibility index (Phi) is 2.92. The Bertz CT molecular complexity index is 2730. The molecule has 8 rings (SSSR count). The highest BCUT2D eigenvalue weighted by atomic mass is 16.3. The summed E-state index contributed by atoms with van der Waals surface area (Å²) in [4.78, 5) is 0. The lowest BCUT2D eigenvalue weighted by atomic mass is 9.84. The van der Waals surface area contributed by atoms with Gasteiger partial charge in [0.1, 0.15) is 11.2 Å². The second-order valence-corrected chi connectivity index (χ2v) is 9.18. The fraction of sp³-hybridized carbons (Fsp3) is 0. The molecule has 1 aromatic heterocycles. The van der Waals surface area contributed by atoms with Crippen LogP contribution in [0.5, 0.6) is 0 Å². The maximum atomic E-state index is 9.26. The van der Waals surface area contributed by atoms with Gasteiger partial charge < -0.3 is 4.42 Å². The lowest BCUT2D eigenvalue weighted by Crippen LogP contribution is -1.91. The summed E-state index contributed by atoms with van der Waals surface area (Å²) < 4.78 is 112. The van der Waals surface area contributed by atoms with Crippen LogP contribution in [0.25, 0.3) is 76.9 Å². The van der Waals surface area contributed by atoms with E-state index in [-0.39, 0.29) is 66.2 Å². The van der Waals surface area contributed by atoms with Crippen molar-refractivity contribution in [3.8, 4) is 33.4 Å². The van der Waals surface area contributed by atoms with Crippen LogP contribution in [0, 0.1) is 0 Å². The molecule has 1 heterocycles. The summed E-state index contributed by atoms with van der Waals surface area (Å²) in [7, 11) is 0. The molecular weight excluding hydrogens is 472 g/mol. The van der Waals surface area contributed by atoms with Gasteiger partial charge in [-0.1, -0.05) is 133 Å². The Hall–Kier alpha value is -5.14. The van der Waals surface area contributed by atoms with Gasteiger partial charge in [0.15, 0.2) is 0 Å². The minimum absolute atomic E-state index is 0.0108. The van der Waals surface area contributed by atoms with E-state index in [1.54, 1.807) is 30.3 Å². The fourth-order valence-corrected chi connectivity index (χ4v) is 5.39. The number of benzene rings is 7. The first-order valence-electron chi connectivity index (χ1n) is 18.4. The number of para-hydroxylation sites is 1. The van der Waals surface area contributed by atoms with Crippen LogP contribution in [0.15, 0.2) is 150 Å². The summed E-state index contributed by atoms with van der Waals surface area (Å²) in [5.41, 5.74) is 2.81. The lowest BCUT2D eigenvalue weighted by molar-refractivity contribution is 0.669. The summed E-state index contributed by atoms with van der Waals surface area (Å²) >= 11 is 0. The van der Waals surface area contributed by atoms with Crippen molar-refractivity contribution in [3.05, 3.63) is 145 Å². The zero-order valence-corrected chi connectivity index (χ0v) is 20.3. The molecule has 7 aromatic carbocycles. The lowest BCUT2D eigenvalue weighted by Gasteiger charge is -2.18. The highest BCUT2D eigenvalue weighted by Crippen LogP contribution is 2.46. The third kappa shape index (κ3) is 3.41. The number of furan rings is 1. The summed E-state index contributed by atoms with van der Waals surface area (Å²) in [6, 6.07) is 16.0. The van der Waals surface area contributed by atoms with Crippen LogP contribution >= 0.6 is 0 Å². The molecule has 182 valence electrons. The molecule has 8 aromatic rings. The summed E-state index contributed by atoms with van der Waals surface area (Å²) in [6.07, 6.45) is 0. The molecule has 0 aliphatic rings. The van der Waals surface area contributed by atoms with Gasteiger partial charge in [-0.05, 0) is 67.0 Å². The van der Waals surface area contributed by atoms with Gasteiger partial charge in [-0.2, -0.15) is 0 Å². The van der Waals surface area contributed by atoms with Gasteiger partial charge in [0.05, 0.1) is 16.4 Å². The Balaban J connectivity index is 1.64. The van der Waals surface area contributed by atoms with Crippen LogP contribution in [0.1, 0.15) is 16.4 Å². The first-order chi connectivity index (χ1) is 24.3. The molecule has 0 fully saturated rings. The number of hydrogen-bond donors (Lipinski definition) is 0. The molecule has 0 radical (unpaired) electrons. The molecule has 0 N–H and O–H groups in total. The average Bonchev–Trinajstić information content (AvgIpc) is 3.55. The summed E-state index contributed by atoms with van der Waals surface area (Å²) in [6.45, 7) is 0. The molecule has 1 nitrogen and oxygen atoms in total. The molecule has 0 atom stereocenters. The zero-order valence-electron chi connectivity index (χ0n) is 32.3. The molecule has 0 spiro atoms. The number of rotatable bonds is 3. The van der Waals surface area contributed by atoms with Crippen LogP contribution < -0.4 is 0 Å². The first-order valence-corrected chi connectivity index (χ1v) is 12.4. The third-order valence-corrected chi connectivity index (χ3v) is 7.07. The van der Waals surface area contributed by atoms with E-state index in [1.807, 2.05) is 42.5 Å². The molecule has 0 aliphatic carbocycles. The molecule has 0 unspecified atom stereocenters. The molecule has 1 heteroatoms. The van der Waals surface area contributed by atoms with Gasteiger partial charge in [0, 0.05) is 10.8 Å². The fourth-order valence-electron chi connectivity index (χ4n) is 5.39. The van der Waals surface area contributed by atoms with E-state index in [9.17, 15) is 5.48 Å². The zero-order chi connectivity index (χ0) is 36.2. The van der Waals surface area contributed by atoms with Crippen molar-refractivity contribution in [3.63, 3.8) is 0 Å². The van der Waals surface area contributed by atoms with Crippen molar-refractivity contribution in [1.82, 2.24) is 0 Å². The van der Waals surface area contributed by atoms with Crippen LogP contribution in [0.3, 0.4) is 0 Å². The molecule has 0 bridgehead atoms. The third-order valence-electron chi connectivity index (χ3n) is 7.07. The molecule has 0 saturated carbocycles. The average molecular weight is 509 g/mol. The monoisotopic (exact) mass is 508 g/mol. The minimum atomic E-state index is -0.551. The van der Waals surface area contributed by atoms with E-state index in [0.29, 0.717) is 5.56 Å². The Labute approximate surface area is 243 Å². The van der Waals surface area contributed by atoms with Crippen molar-refractivity contribution in [2.75, 3.05) is 0 Å².